The fraction of sp³-hybridized carbons (Fsp3) is 0.792. The lowest BCUT2D eigenvalue weighted by Gasteiger charge is -2.61. The smallest absolute Gasteiger partial charge is 0.163 e. The van der Waals surface area contributed by atoms with E-state index in [1.54, 1.807) is 6.08 Å². The quantitative estimate of drug-likeness (QED) is 0.684. The van der Waals surface area contributed by atoms with Crippen LogP contribution in [-0.4, -0.2) is 40.3 Å². The lowest BCUT2D eigenvalue weighted by atomic mass is 9.40. The van der Waals surface area contributed by atoms with Crippen LogP contribution < -0.4 is 0 Å². The average Bonchev–Trinajstić information content (AvgIpc) is 3.32. The molecule has 3 saturated carbocycles. The Morgan fingerprint density at radius 3 is 2.45 bits per heavy atom. The number of aliphatic hydroxyl groups is 1. The summed E-state index contributed by atoms with van der Waals surface area (Å²) < 4.78 is 6.45. The Labute approximate surface area is 172 Å². The van der Waals surface area contributed by atoms with Gasteiger partial charge in [0, 0.05) is 12.3 Å². The van der Waals surface area contributed by atoms with Crippen molar-refractivity contribution in [3.8, 4) is 0 Å². The minimum atomic E-state index is -1.05. The van der Waals surface area contributed by atoms with Gasteiger partial charge in [0.2, 0.25) is 0 Å². The molecule has 2 unspecified atom stereocenters. The summed E-state index contributed by atoms with van der Waals surface area (Å²) in [6.45, 7) is 11.6. The molecule has 4 aliphatic carbocycles. The van der Waals surface area contributed by atoms with Crippen molar-refractivity contribution < 1.29 is 24.2 Å². The fourth-order valence-electron chi connectivity index (χ4n) is 8.26. The van der Waals surface area contributed by atoms with Crippen molar-refractivity contribution >= 4 is 17.3 Å². The van der Waals surface area contributed by atoms with Crippen molar-refractivity contribution in [2.75, 3.05) is 0 Å². The third kappa shape index (κ3) is 1.77. The van der Waals surface area contributed by atoms with E-state index in [1.165, 1.54) is 6.92 Å². The Kier molecular flexibility index (Phi) is 3.45. The molecule has 0 amide bonds. The highest BCUT2D eigenvalue weighted by molar-refractivity contribution is 6.11. The topological polar surface area (TPSA) is 84.0 Å². The second-order valence-electron chi connectivity index (χ2n) is 11.5. The first-order chi connectivity index (χ1) is 13.3. The summed E-state index contributed by atoms with van der Waals surface area (Å²) >= 11 is 0. The summed E-state index contributed by atoms with van der Waals surface area (Å²) in [6.07, 6.45) is 3.57. The number of hydrogen-bond acceptors (Lipinski definition) is 5. The van der Waals surface area contributed by atoms with Crippen LogP contribution in [0.2, 0.25) is 0 Å². The van der Waals surface area contributed by atoms with Crippen LogP contribution in [0.25, 0.3) is 0 Å². The van der Waals surface area contributed by atoms with Gasteiger partial charge in [0.1, 0.15) is 17.2 Å². The standard InChI is InChI=1S/C24H32O5/c1-12(25)13-9-18(28)23(6)22(13,5)17(27)10-15-21(4)8-7-16(26)20(2,3)14(21)11-19-24(15,23)29-19/h10,13-14,16,19,26H,7-9,11H2,1-6H3/t13-,14?,16+,19+,21+,22+,23-,24?/m1/s1. The van der Waals surface area contributed by atoms with E-state index >= 15 is 0 Å². The van der Waals surface area contributed by atoms with Crippen molar-refractivity contribution in [1.29, 1.82) is 0 Å². The van der Waals surface area contributed by atoms with Crippen LogP contribution in [0.3, 0.4) is 0 Å². The predicted molar refractivity (Wildman–Crippen MR) is 106 cm³/mol. The van der Waals surface area contributed by atoms with Gasteiger partial charge in [-0.05, 0) is 61.5 Å². The number of hydrogen-bond donors (Lipinski definition) is 1. The van der Waals surface area contributed by atoms with Gasteiger partial charge < -0.3 is 9.84 Å². The largest absolute Gasteiger partial charge is 0.393 e. The van der Waals surface area contributed by atoms with Gasteiger partial charge in [-0.25, -0.2) is 0 Å². The van der Waals surface area contributed by atoms with Crippen molar-refractivity contribution in [2.45, 2.75) is 85.0 Å². The molecule has 5 heteroatoms. The van der Waals surface area contributed by atoms with E-state index in [0.717, 1.165) is 18.4 Å². The first-order valence-corrected chi connectivity index (χ1v) is 11.0. The van der Waals surface area contributed by atoms with E-state index in [2.05, 4.69) is 20.8 Å². The molecule has 0 aromatic heterocycles. The molecular formula is C24H32O5. The van der Waals surface area contributed by atoms with Gasteiger partial charge >= 0.3 is 0 Å². The van der Waals surface area contributed by atoms with Crippen LogP contribution in [0, 0.1) is 33.5 Å². The number of ketones is 3. The van der Waals surface area contributed by atoms with Gasteiger partial charge in [0.25, 0.3) is 0 Å². The first kappa shape index (κ1) is 19.6. The van der Waals surface area contributed by atoms with Gasteiger partial charge in [-0.15, -0.1) is 0 Å². The Bertz CT molecular complexity index is 901. The molecule has 5 rings (SSSR count). The maximum absolute atomic E-state index is 13.6. The van der Waals surface area contributed by atoms with Gasteiger partial charge in [0.15, 0.2) is 5.78 Å². The van der Waals surface area contributed by atoms with Crippen LogP contribution in [0.15, 0.2) is 11.6 Å². The Balaban J connectivity index is 1.74. The molecule has 5 aliphatic rings. The summed E-state index contributed by atoms with van der Waals surface area (Å²) in [4.78, 5) is 39.5. The monoisotopic (exact) mass is 400 g/mol. The van der Waals surface area contributed by atoms with Gasteiger partial charge in [-0.2, -0.15) is 0 Å². The average molecular weight is 401 g/mol. The highest BCUT2D eigenvalue weighted by Gasteiger charge is 2.86. The van der Waals surface area contributed by atoms with Crippen molar-refractivity contribution in [1.82, 2.24) is 0 Å². The SMILES string of the molecule is CC(=O)[C@H]1CC(=O)[C@@]2(C)C34O[C@H]3CC3C(C)(C)[C@@H](O)CC[C@]3(C)C4=CC(=O)[C@]12C. The summed E-state index contributed by atoms with van der Waals surface area (Å²) in [5.74, 6) is -0.623. The number of allylic oxidation sites excluding steroid dienone is 1. The number of ether oxygens (including phenoxy) is 1. The molecule has 1 spiro atoms. The minimum Gasteiger partial charge on any atom is -0.393 e. The highest BCUT2D eigenvalue weighted by atomic mass is 16.6. The zero-order valence-corrected chi connectivity index (χ0v) is 18.3. The van der Waals surface area contributed by atoms with E-state index in [9.17, 15) is 19.5 Å². The second-order valence-corrected chi connectivity index (χ2v) is 11.5. The number of aliphatic hydroxyl groups excluding tert-OH is 1. The van der Waals surface area contributed by atoms with E-state index in [-0.39, 0.29) is 52.7 Å². The molecule has 0 aromatic rings. The van der Waals surface area contributed by atoms with Crippen molar-refractivity contribution in [3.63, 3.8) is 0 Å². The molecule has 1 saturated heterocycles. The highest BCUT2D eigenvalue weighted by Crippen LogP contribution is 2.78. The summed E-state index contributed by atoms with van der Waals surface area (Å²) in [5.41, 5.74) is -2.49. The number of epoxide rings is 1. The van der Waals surface area contributed by atoms with Crippen LogP contribution in [0.4, 0.5) is 0 Å². The maximum Gasteiger partial charge on any atom is 0.163 e. The van der Waals surface area contributed by atoms with Crippen molar-refractivity contribution in [3.05, 3.63) is 11.6 Å². The molecule has 0 aromatic carbocycles. The Morgan fingerprint density at radius 1 is 1.17 bits per heavy atom. The predicted octanol–water partition coefficient (Wildman–Crippen LogP) is 3.03. The third-order valence-electron chi connectivity index (χ3n) is 10.4. The van der Waals surface area contributed by atoms with E-state index in [0.29, 0.717) is 6.42 Å². The molecule has 1 aliphatic heterocycles. The summed E-state index contributed by atoms with van der Waals surface area (Å²) in [6, 6.07) is 0. The van der Waals surface area contributed by atoms with E-state index in [4.69, 9.17) is 4.74 Å². The van der Waals surface area contributed by atoms with Gasteiger partial charge in [-0.3, -0.25) is 14.4 Å². The second kappa shape index (κ2) is 5.11. The summed E-state index contributed by atoms with van der Waals surface area (Å²) in [7, 11) is 0. The molecule has 158 valence electrons. The molecule has 0 bridgehead atoms. The van der Waals surface area contributed by atoms with Crippen LogP contribution in [0.1, 0.15) is 67.2 Å². The Morgan fingerprint density at radius 2 is 1.83 bits per heavy atom. The molecule has 8 atom stereocenters. The van der Waals surface area contributed by atoms with Gasteiger partial charge in [-0.1, -0.05) is 27.7 Å². The summed E-state index contributed by atoms with van der Waals surface area (Å²) in [5, 5.41) is 10.7. The lowest BCUT2D eigenvalue weighted by Crippen LogP contribution is -2.65. The third-order valence-corrected chi connectivity index (χ3v) is 10.4. The van der Waals surface area contributed by atoms with Crippen LogP contribution in [-0.2, 0) is 19.1 Å². The zero-order chi connectivity index (χ0) is 21.4. The first-order valence-electron chi connectivity index (χ1n) is 11.0. The Hall–Kier alpha value is -1.33. The molecule has 4 fully saturated rings. The molecular weight excluding hydrogens is 368 g/mol. The van der Waals surface area contributed by atoms with E-state index < -0.39 is 22.3 Å². The van der Waals surface area contributed by atoms with Crippen LogP contribution >= 0.6 is 0 Å². The number of rotatable bonds is 1. The lowest BCUT2D eigenvalue weighted by molar-refractivity contribution is -0.152. The number of fused-ring (bicyclic) bond motifs is 3. The molecule has 1 N–H and O–H groups in total. The minimum absolute atomic E-state index is 0.0150. The molecule has 29 heavy (non-hydrogen) atoms. The van der Waals surface area contributed by atoms with Crippen LogP contribution in [0.5, 0.6) is 0 Å². The van der Waals surface area contributed by atoms with Crippen molar-refractivity contribution in [2.24, 2.45) is 33.5 Å². The molecule has 1 heterocycles. The number of carbonyl (C=O) groups excluding carboxylic acids is 3. The fourth-order valence-corrected chi connectivity index (χ4v) is 8.26. The molecule has 0 radical (unpaired) electrons. The van der Waals surface area contributed by atoms with E-state index in [1.807, 2.05) is 13.8 Å². The maximum atomic E-state index is 13.6. The number of Topliss-reactive ketones (excluding diaryl/α,β-unsaturated/α-hetero) is 2. The number of carbonyl (C=O) groups is 3. The zero-order valence-electron chi connectivity index (χ0n) is 18.3. The molecule has 5 nitrogen and oxygen atoms in total. The normalized spacial score (nSPS) is 54.7. The van der Waals surface area contributed by atoms with Gasteiger partial charge in [0.05, 0.1) is 23.0 Å².